The monoisotopic (exact) mass is 387 g/mol. The van der Waals surface area contributed by atoms with Gasteiger partial charge in [0.15, 0.2) is 5.13 Å². The van der Waals surface area contributed by atoms with Crippen molar-refractivity contribution in [2.45, 2.75) is 26.8 Å². The van der Waals surface area contributed by atoms with E-state index in [0.717, 1.165) is 22.0 Å². The van der Waals surface area contributed by atoms with Crippen LogP contribution >= 0.6 is 22.9 Å². The number of anilines is 2. The van der Waals surface area contributed by atoms with Crippen LogP contribution in [0.4, 0.5) is 10.9 Å². The first-order chi connectivity index (χ1) is 12.5. The van der Waals surface area contributed by atoms with Crippen molar-refractivity contribution in [3.05, 3.63) is 52.3 Å². The smallest absolute Gasteiger partial charge is 0.217 e. The largest absolute Gasteiger partial charge is 0.352 e. The maximum atomic E-state index is 11.0. The Morgan fingerprint density at radius 3 is 2.65 bits per heavy atom. The van der Waals surface area contributed by atoms with Crippen molar-refractivity contribution in [3.63, 3.8) is 0 Å². The van der Waals surface area contributed by atoms with E-state index in [4.69, 9.17) is 11.6 Å². The summed E-state index contributed by atoms with van der Waals surface area (Å²) in [5.74, 6) is 1.28. The Bertz CT molecular complexity index is 910. The molecule has 26 heavy (non-hydrogen) atoms. The lowest BCUT2D eigenvalue weighted by Gasteiger charge is -2.04. The van der Waals surface area contributed by atoms with E-state index in [0.29, 0.717) is 29.8 Å². The third-order valence-electron chi connectivity index (χ3n) is 3.59. The van der Waals surface area contributed by atoms with Crippen molar-refractivity contribution in [2.24, 2.45) is 0 Å². The van der Waals surface area contributed by atoms with Gasteiger partial charge in [-0.05, 0) is 5.56 Å². The van der Waals surface area contributed by atoms with Gasteiger partial charge in [-0.3, -0.25) is 4.79 Å². The van der Waals surface area contributed by atoms with Gasteiger partial charge in [-0.2, -0.15) is 0 Å². The fraction of sp³-hybridized carbons (Fsp3) is 0.222. The van der Waals surface area contributed by atoms with Crippen LogP contribution in [-0.4, -0.2) is 20.9 Å². The molecule has 0 atom stereocenters. The van der Waals surface area contributed by atoms with E-state index in [-0.39, 0.29) is 5.91 Å². The van der Waals surface area contributed by atoms with Crippen LogP contribution in [0.25, 0.3) is 11.3 Å². The molecule has 0 unspecified atom stereocenters. The average molecular weight is 388 g/mol. The Morgan fingerprint density at radius 1 is 1.19 bits per heavy atom. The second-order valence-electron chi connectivity index (χ2n) is 5.62. The van der Waals surface area contributed by atoms with E-state index >= 15 is 0 Å². The van der Waals surface area contributed by atoms with Crippen LogP contribution < -0.4 is 10.6 Å². The van der Waals surface area contributed by atoms with Crippen LogP contribution in [-0.2, 0) is 17.8 Å². The van der Waals surface area contributed by atoms with Crippen LogP contribution in [0.3, 0.4) is 0 Å². The quantitative estimate of drug-likeness (QED) is 0.620. The number of amides is 1. The molecule has 8 heteroatoms. The lowest BCUT2D eigenvalue weighted by atomic mass is 10.1. The topological polar surface area (TPSA) is 79.8 Å². The summed E-state index contributed by atoms with van der Waals surface area (Å²) in [6.07, 6.45) is 0.712. The average Bonchev–Trinajstić information content (AvgIpc) is 3.08. The van der Waals surface area contributed by atoms with Crippen LogP contribution in [0.2, 0.25) is 5.15 Å². The molecule has 0 saturated carbocycles. The summed E-state index contributed by atoms with van der Waals surface area (Å²) in [7, 11) is 0. The Hall–Kier alpha value is -2.51. The summed E-state index contributed by atoms with van der Waals surface area (Å²) in [6, 6.07) is 9.63. The number of benzene rings is 1. The highest BCUT2D eigenvalue weighted by Gasteiger charge is 2.08. The van der Waals surface area contributed by atoms with E-state index in [1.807, 2.05) is 36.6 Å². The van der Waals surface area contributed by atoms with Crippen LogP contribution in [0.5, 0.6) is 0 Å². The number of nitrogens with one attached hydrogen (secondary N) is 2. The van der Waals surface area contributed by atoms with Gasteiger partial charge in [0.05, 0.1) is 5.69 Å². The van der Waals surface area contributed by atoms with E-state index in [2.05, 4.69) is 25.6 Å². The normalized spacial score (nSPS) is 10.6. The van der Waals surface area contributed by atoms with Crippen molar-refractivity contribution in [1.29, 1.82) is 0 Å². The first-order valence-electron chi connectivity index (χ1n) is 8.13. The Morgan fingerprint density at radius 2 is 1.96 bits per heavy atom. The third-order valence-corrected chi connectivity index (χ3v) is 4.54. The molecule has 0 aliphatic carbocycles. The number of carbonyl (C=O) groups excluding carboxylic acids is 1. The summed E-state index contributed by atoms with van der Waals surface area (Å²) in [4.78, 5) is 24.1. The van der Waals surface area contributed by atoms with E-state index < -0.39 is 0 Å². The summed E-state index contributed by atoms with van der Waals surface area (Å²) in [5.41, 5.74) is 2.93. The first-order valence-corrected chi connectivity index (χ1v) is 9.39. The maximum Gasteiger partial charge on any atom is 0.217 e. The highest BCUT2D eigenvalue weighted by atomic mass is 35.5. The van der Waals surface area contributed by atoms with Crippen molar-refractivity contribution < 1.29 is 4.79 Å². The fourth-order valence-corrected chi connectivity index (χ4v) is 3.21. The number of carbonyl (C=O) groups is 1. The second kappa shape index (κ2) is 8.25. The van der Waals surface area contributed by atoms with Crippen molar-refractivity contribution in [1.82, 2.24) is 20.3 Å². The zero-order chi connectivity index (χ0) is 18.5. The van der Waals surface area contributed by atoms with E-state index in [9.17, 15) is 4.79 Å². The van der Waals surface area contributed by atoms with Gasteiger partial charge >= 0.3 is 0 Å². The number of thiazole rings is 1. The Labute approximate surface area is 160 Å². The SMILES string of the molecule is CCc1nc(Cl)cc(Nc2nc(-c3ccc(CNC(C)=O)cc3)cs2)n1. The lowest BCUT2D eigenvalue weighted by Crippen LogP contribution is -2.18. The molecule has 1 amide bonds. The summed E-state index contributed by atoms with van der Waals surface area (Å²) >= 11 is 7.52. The van der Waals surface area contributed by atoms with Crippen LogP contribution in [0.15, 0.2) is 35.7 Å². The second-order valence-corrected chi connectivity index (χ2v) is 6.86. The van der Waals surface area contributed by atoms with Gasteiger partial charge in [0.1, 0.15) is 16.8 Å². The molecular weight excluding hydrogens is 370 g/mol. The standard InChI is InChI=1S/C18H18ClN5OS/c1-3-16-22-15(19)8-17(23-16)24-18-21-14(10-26-18)13-6-4-12(5-7-13)9-20-11(2)25/h4-8,10H,3,9H2,1-2H3,(H,20,25)(H,21,22,23,24). The van der Waals surface area contributed by atoms with Gasteiger partial charge in [0.2, 0.25) is 5.91 Å². The lowest BCUT2D eigenvalue weighted by molar-refractivity contribution is -0.119. The molecule has 2 heterocycles. The minimum atomic E-state index is -0.0413. The molecule has 0 saturated heterocycles. The van der Waals surface area contributed by atoms with Crippen molar-refractivity contribution >= 4 is 39.8 Å². The van der Waals surface area contributed by atoms with Crippen LogP contribution in [0.1, 0.15) is 25.2 Å². The first kappa shape index (κ1) is 18.3. The highest BCUT2D eigenvalue weighted by Crippen LogP contribution is 2.27. The van der Waals surface area contributed by atoms with Crippen molar-refractivity contribution in [2.75, 3.05) is 5.32 Å². The van der Waals surface area contributed by atoms with Gasteiger partial charge in [-0.1, -0.05) is 42.8 Å². The van der Waals surface area contributed by atoms with E-state index in [1.165, 1.54) is 18.3 Å². The predicted molar refractivity (Wildman–Crippen MR) is 105 cm³/mol. The van der Waals surface area contributed by atoms with Gasteiger partial charge in [0.25, 0.3) is 0 Å². The number of halogens is 1. The zero-order valence-corrected chi connectivity index (χ0v) is 16.0. The summed E-state index contributed by atoms with van der Waals surface area (Å²) in [6.45, 7) is 4.01. The molecule has 1 aromatic carbocycles. The van der Waals surface area contributed by atoms with Gasteiger partial charge in [-0.25, -0.2) is 15.0 Å². The number of hydrogen-bond donors (Lipinski definition) is 2. The van der Waals surface area contributed by atoms with Gasteiger partial charge in [0, 0.05) is 36.9 Å². The van der Waals surface area contributed by atoms with E-state index in [1.54, 1.807) is 6.07 Å². The van der Waals surface area contributed by atoms with Gasteiger partial charge < -0.3 is 10.6 Å². The molecule has 3 aromatic rings. The molecule has 0 fully saturated rings. The molecule has 2 N–H and O–H groups in total. The molecule has 3 rings (SSSR count). The molecule has 2 aromatic heterocycles. The Balaban J connectivity index is 1.71. The minimum Gasteiger partial charge on any atom is -0.352 e. The molecule has 0 spiro atoms. The van der Waals surface area contributed by atoms with Gasteiger partial charge in [-0.15, -0.1) is 11.3 Å². The predicted octanol–water partition coefficient (Wildman–Crippen LogP) is 4.20. The summed E-state index contributed by atoms with van der Waals surface area (Å²) < 4.78 is 0. The molecule has 134 valence electrons. The molecule has 0 radical (unpaired) electrons. The molecule has 6 nitrogen and oxygen atoms in total. The number of hydrogen-bond acceptors (Lipinski definition) is 6. The number of rotatable bonds is 6. The molecular formula is C18H18ClN5OS. The third kappa shape index (κ3) is 4.77. The van der Waals surface area contributed by atoms with Crippen LogP contribution in [0, 0.1) is 0 Å². The number of nitrogens with zero attached hydrogens (tertiary/aromatic N) is 3. The zero-order valence-electron chi connectivity index (χ0n) is 14.4. The maximum absolute atomic E-state index is 11.0. The Kier molecular flexibility index (Phi) is 5.80. The number of aryl methyl sites for hydroxylation is 1. The molecule has 0 aliphatic rings. The summed E-state index contributed by atoms with van der Waals surface area (Å²) in [5, 5.41) is 9.08. The number of aromatic nitrogens is 3. The fourth-order valence-electron chi connectivity index (χ4n) is 2.28. The molecule has 0 bridgehead atoms. The minimum absolute atomic E-state index is 0.0413. The van der Waals surface area contributed by atoms with Crippen molar-refractivity contribution in [3.8, 4) is 11.3 Å². The highest BCUT2D eigenvalue weighted by molar-refractivity contribution is 7.14. The molecule has 0 aliphatic heterocycles.